The highest BCUT2D eigenvalue weighted by atomic mass is 19.4. The van der Waals surface area contributed by atoms with Gasteiger partial charge in [0.25, 0.3) is 0 Å². The number of halogens is 4. The second-order valence-corrected chi connectivity index (χ2v) is 11.0. The first kappa shape index (κ1) is 27.6. The maximum absolute atomic E-state index is 15.2. The topological polar surface area (TPSA) is 98.0 Å². The zero-order valence-corrected chi connectivity index (χ0v) is 21.8. The summed E-state index contributed by atoms with van der Waals surface area (Å²) in [4.78, 5) is 32.6. The van der Waals surface area contributed by atoms with E-state index in [1.165, 1.54) is 6.07 Å². The fourth-order valence-corrected chi connectivity index (χ4v) is 4.45. The minimum atomic E-state index is -4.83. The van der Waals surface area contributed by atoms with E-state index in [0.29, 0.717) is 25.9 Å². The van der Waals surface area contributed by atoms with Gasteiger partial charge in [-0.2, -0.15) is 18.2 Å². The van der Waals surface area contributed by atoms with Crippen LogP contribution in [-0.4, -0.2) is 63.3 Å². The van der Waals surface area contributed by atoms with Gasteiger partial charge in [0.2, 0.25) is 11.7 Å². The van der Waals surface area contributed by atoms with Crippen LogP contribution in [0.15, 0.2) is 16.7 Å². The van der Waals surface area contributed by atoms with Crippen LogP contribution in [0.5, 0.6) is 5.75 Å². The molecule has 9 nitrogen and oxygen atoms in total. The average Bonchev–Trinajstić information content (AvgIpc) is 3.25. The highest BCUT2D eigenvalue weighted by Gasteiger charge is 2.43. The molecule has 0 N–H and O–H groups in total. The van der Waals surface area contributed by atoms with E-state index in [2.05, 4.69) is 14.7 Å². The molecule has 0 saturated carbocycles. The molecule has 2 aliphatic rings. The van der Waals surface area contributed by atoms with Gasteiger partial charge in [-0.05, 0) is 52.7 Å². The molecule has 0 bridgehead atoms. The monoisotopic (exact) mass is 542 g/mol. The number of rotatable bonds is 2. The van der Waals surface area contributed by atoms with E-state index in [4.69, 9.17) is 9.47 Å². The smallest absolute Gasteiger partial charge is 0.471 e. The number of carbonyl (C=O) groups excluding carboxylic acids is 2. The lowest BCUT2D eigenvalue weighted by Gasteiger charge is -2.42. The predicted octanol–water partition coefficient (Wildman–Crippen LogP) is 5.04. The van der Waals surface area contributed by atoms with E-state index in [9.17, 15) is 22.8 Å². The van der Waals surface area contributed by atoms with Gasteiger partial charge in [0.15, 0.2) is 0 Å². The normalized spacial score (nSPS) is 19.9. The Hall–Kier alpha value is -3.38. The van der Waals surface area contributed by atoms with E-state index in [0.717, 1.165) is 6.07 Å². The first-order valence-corrected chi connectivity index (χ1v) is 12.2. The van der Waals surface area contributed by atoms with Gasteiger partial charge in [-0.25, -0.2) is 9.18 Å². The summed E-state index contributed by atoms with van der Waals surface area (Å²) in [6.07, 6.45) is -4.45. The van der Waals surface area contributed by atoms with Crippen molar-refractivity contribution in [3.63, 3.8) is 0 Å². The van der Waals surface area contributed by atoms with Crippen LogP contribution >= 0.6 is 0 Å². The number of benzene rings is 1. The van der Waals surface area contributed by atoms with Crippen LogP contribution in [0, 0.1) is 11.2 Å². The summed E-state index contributed by atoms with van der Waals surface area (Å²) < 4.78 is 69.2. The summed E-state index contributed by atoms with van der Waals surface area (Å²) >= 11 is 0. The van der Waals surface area contributed by atoms with Gasteiger partial charge in [0.1, 0.15) is 23.8 Å². The zero-order valence-electron chi connectivity index (χ0n) is 21.8. The average molecular weight is 543 g/mol. The van der Waals surface area contributed by atoms with Gasteiger partial charge in [-0.15, -0.1) is 0 Å². The van der Waals surface area contributed by atoms with Crippen molar-refractivity contribution in [3.8, 4) is 17.1 Å². The van der Waals surface area contributed by atoms with E-state index >= 15 is 4.39 Å². The lowest BCUT2D eigenvalue weighted by atomic mass is 9.78. The number of aromatic nitrogens is 2. The number of amides is 2. The Morgan fingerprint density at radius 1 is 1.16 bits per heavy atom. The molecule has 1 atom stereocenters. The quantitative estimate of drug-likeness (QED) is 0.491. The number of ether oxygens (including phenoxy) is 2. The molecule has 208 valence electrons. The van der Waals surface area contributed by atoms with Crippen molar-refractivity contribution in [3.05, 3.63) is 29.4 Å². The molecule has 2 amide bonds. The van der Waals surface area contributed by atoms with Crippen molar-refractivity contribution < 1.29 is 41.1 Å². The molecule has 0 aliphatic carbocycles. The van der Waals surface area contributed by atoms with Crippen LogP contribution in [0.3, 0.4) is 0 Å². The lowest BCUT2D eigenvalue weighted by Crippen LogP contribution is -2.52. The molecule has 2 aliphatic heterocycles. The number of fused-ring (bicyclic) bond motifs is 1. The van der Waals surface area contributed by atoms with Gasteiger partial charge in [-0.1, -0.05) is 12.1 Å². The second-order valence-electron chi connectivity index (χ2n) is 11.0. The Morgan fingerprint density at radius 2 is 1.82 bits per heavy atom. The van der Waals surface area contributed by atoms with Crippen LogP contribution in [0.4, 0.5) is 22.4 Å². The van der Waals surface area contributed by atoms with Gasteiger partial charge in [0.05, 0.1) is 12.6 Å². The van der Waals surface area contributed by atoms with Crippen molar-refractivity contribution >= 4 is 12.0 Å². The highest BCUT2D eigenvalue weighted by molar-refractivity contribution is 5.83. The predicted molar refractivity (Wildman–Crippen MR) is 125 cm³/mol. The molecule has 1 fully saturated rings. The first-order valence-electron chi connectivity index (χ1n) is 12.2. The molecule has 0 spiro atoms. The molecule has 1 saturated heterocycles. The van der Waals surface area contributed by atoms with Crippen LogP contribution in [0.2, 0.25) is 0 Å². The van der Waals surface area contributed by atoms with E-state index in [-0.39, 0.29) is 35.9 Å². The van der Waals surface area contributed by atoms with Gasteiger partial charge < -0.3 is 23.8 Å². The van der Waals surface area contributed by atoms with Gasteiger partial charge >= 0.3 is 18.2 Å². The first-order chi connectivity index (χ1) is 17.6. The van der Waals surface area contributed by atoms with Crippen molar-refractivity contribution in [2.24, 2.45) is 5.41 Å². The summed E-state index contributed by atoms with van der Waals surface area (Å²) in [5.74, 6) is -2.85. The summed E-state index contributed by atoms with van der Waals surface area (Å²) in [5.41, 5.74) is -1.36. The lowest BCUT2D eigenvalue weighted by molar-refractivity contribution is -0.159. The minimum Gasteiger partial charge on any atom is -0.491 e. The molecule has 38 heavy (non-hydrogen) atoms. The van der Waals surface area contributed by atoms with E-state index in [1.54, 1.807) is 37.5 Å². The van der Waals surface area contributed by atoms with Crippen LogP contribution in [0.25, 0.3) is 11.4 Å². The summed E-state index contributed by atoms with van der Waals surface area (Å²) in [6, 6.07) is 1.92. The number of carbonyl (C=O) groups is 2. The summed E-state index contributed by atoms with van der Waals surface area (Å²) in [5, 5.41) is 3.30. The summed E-state index contributed by atoms with van der Waals surface area (Å²) in [7, 11) is 0. The fraction of sp³-hybridized carbons (Fsp3) is 0.600. The van der Waals surface area contributed by atoms with Gasteiger partial charge in [-0.3, -0.25) is 4.79 Å². The summed E-state index contributed by atoms with van der Waals surface area (Å²) in [6.45, 7) is 9.59. The third kappa shape index (κ3) is 5.70. The van der Waals surface area contributed by atoms with Crippen LogP contribution in [0.1, 0.15) is 58.9 Å². The highest BCUT2D eigenvalue weighted by Crippen LogP contribution is 2.38. The number of piperidine rings is 1. The molecule has 3 heterocycles. The largest absolute Gasteiger partial charge is 0.491 e. The van der Waals surface area contributed by atoms with Crippen LogP contribution < -0.4 is 4.74 Å². The third-order valence-electron chi connectivity index (χ3n) is 6.72. The van der Waals surface area contributed by atoms with Gasteiger partial charge in [0, 0.05) is 29.6 Å². The zero-order chi connectivity index (χ0) is 28.0. The molecule has 4 rings (SSSR count). The third-order valence-corrected chi connectivity index (χ3v) is 6.72. The molecule has 1 aromatic carbocycles. The molecule has 0 unspecified atom stereocenters. The Balaban J connectivity index is 1.52. The molecular formula is C25H30F4N4O5. The standard InChI is InChI=1S/C25H30F4N4O5/c1-14-13-36-18-11-15(19-30-20(38-31-19)25(27,28)29)10-17(26)16(18)12-33(14)21(34)24(5)6-8-32(9-7-24)22(35)37-23(2,3)4/h10-11,14H,6-9,12-13H2,1-5H3/t14-/m0/s1. The Bertz CT molecular complexity index is 1220. The Morgan fingerprint density at radius 3 is 2.39 bits per heavy atom. The fourth-order valence-electron chi connectivity index (χ4n) is 4.45. The molecular weight excluding hydrogens is 512 g/mol. The SMILES string of the molecule is C[C@H]1COc2cc(-c3noc(C(F)(F)F)n3)cc(F)c2CN1C(=O)C1(C)CCN(C(=O)OC(C)(C)C)CC1. The molecule has 1 aromatic heterocycles. The number of nitrogens with zero attached hydrogens (tertiary/aromatic N) is 4. The molecule has 0 radical (unpaired) electrons. The van der Waals surface area contributed by atoms with E-state index in [1.807, 2.05) is 6.92 Å². The second kappa shape index (κ2) is 9.73. The van der Waals surface area contributed by atoms with Crippen molar-refractivity contribution in [1.82, 2.24) is 19.9 Å². The number of alkyl halides is 3. The van der Waals surface area contributed by atoms with Crippen molar-refractivity contribution in [2.45, 2.75) is 71.8 Å². The number of hydrogen-bond donors (Lipinski definition) is 0. The number of likely N-dealkylation sites (tertiary alicyclic amines) is 1. The molecule has 2 aromatic rings. The Labute approximate surface area is 217 Å². The van der Waals surface area contributed by atoms with E-state index < -0.39 is 46.9 Å². The van der Waals surface area contributed by atoms with Crippen molar-refractivity contribution in [2.75, 3.05) is 19.7 Å². The molecule has 13 heteroatoms. The number of hydrogen-bond acceptors (Lipinski definition) is 7. The maximum Gasteiger partial charge on any atom is 0.471 e. The maximum atomic E-state index is 15.2. The Kier molecular flexibility index (Phi) is 7.08. The minimum absolute atomic E-state index is 0.0434. The van der Waals surface area contributed by atoms with Crippen LogP contribution in [-0.2, 0) is 22.3 Å². The van der Waals surface area contributed by atoms with Crippen molar-refractivity contribution in [1.29, 1.82) is 0 Å².